The van der Waals surface area contributed by atoms with Crippen molar-refractivity contribution < 1.29 is 9.90 Å². The summed E-state index contributed by atoms with van der Waals surface area (Å²) in [5, 5.41) is 9.24. The number of thiocarbonyl (C=S) groups is 2. The molecular formula is C11H12N2O2S2. The lowest BCUT2D eigenvalue weighted by atomic mass is 10.1. The van der Waals surface area contributed by atoms with Crippen molar-refractivity contribution in [3.63, 3.8) is 0 Å². The summed E-state index contributed by atoms with van der Waals surface area (Å²) < 4.78 is 1.79. The van der Waals surface area contributed by atoms with Gasteiger partial charge in [0, 0.05) is 6.20 Å². The van der Waals surface area contributed by atoms with Gasteiger partial charge < -0.3 is 5.11 Å². The van der Waals surface area contributed by atoms with Crippen LogP contribution >= 0.6 is 24.4 Å². The summed E-state index contributed by atoms with van der Waals surface area (Å²) in [4.78, 5) is 12.7. The SMILES string of the molecule is CC(C)c1cc2n(c1)C(=S)N(CC(=O)O)C2=S. The number of aliphatic carboxylic acids is 1. The topological polar surface area (TPSA) is 45.5 Å². The molecule has 0 amide bonds. The van der Waals surface area contributed by atoms with Gasteiger partial charge in [-0.2, -0.15) is 0 Å². The van der Waals surface area contributed by atoms with E-state index in [2.05, 4.69) is 13.8 Å². The maximum Gasteiger partial charge on any atom is 0.323 e. The molecule has 90 valence electrons. The van der Waals surface area contributed by atoms with E-state index in [0.29, 0.717) is 16.0 Å². The van der Waals surface area contributed by atoms with Crippen LogP contribution in [0, 0.1) is 0 Å². The van der Waals surface area contributed by atoms with Crippen molar-refractivity contribution >= 4 is 40.5 Å². The zero-order valence-corrected chi connectivity index (χ0v) is 11.1. The second-order valence-corrected chi connectivity index (χ2v) is 5.00. The van der Waals surface area contributed by atoms with Crippen LogP contribution in [-0.4, -0.2) is 37.2 Å². The minimum atomic E-state index is -0.940. The van der Waals surface area contributed by atoms with E-state index in [1.54, 1.807) is 4.57 Å². The van der Waals surface area contributed by atoms with E-state index >= 15 is 0 Å². The van der Waals surface area contributed by atoms with Crippen molar-refractivity contribution in [2.75, 3.05) is 6.54 Å². The molecule has 6 heteroatoms. The molecule has 1 aliphatic heterocycles. The third-order valence-corrected chi connectivity index (χ3v) is 3.55. The number of aromatic nitrogens is 1. The molecule has 0 bridgehead atoms. The Hall–Kier alpha value is -1.27. The highest BCUT2D eigenvalue weighted by Gasteiger charge is 2.31. The summed E-state index contributed by atoms with van der Waals surface area (Å²) in [6.45, 7) is 3.99. The number of carbonyl (C=O) groups is 1. The van der Waals surface area contributed by atoms with Crippen molar-refractivity contribution in [1.29, 1.82) is 0 Å². The number of hydrogen-bond donors (Lipinski definition) is 1. The first-order valence-electron chi connectivity index (χ1n) is 5.22. The lowest BCUT2D eigenvalue weighted by Gasteiger charge is -2.14. The van der Waals surface area contributed by atoms with Crippen molar-refractivity contribution in [3.8, 4) is 0 Å². The number of hydrogen-bond acceptors (Lipinski definition) is 3. The van der Waals surface area contributed by atoms with E-state index in [-0.39, 0.29) is 6.54 Å². The van der Waals surface area contributed by atoms with Crippen LogP contribution in [0.3, 0.4) is 0 Å². The Labute approximate surface area is 110 Å². The molecule has 0 aromatic carbocycles. The van der Waals surface area contributed by atoms with Crippen LogP contribution in [0.1, 0.15) is 31.0 Å². The van der Waals surface area contributed by atoms with E-state index in [9.17, 15) is 4.79 Å². The van der Waals surface area contributed by atoms with Crippen LogP contribution in [0.15, 0.2) is 12.3 Å². The summed E-state index contributed by atoms with van der Waals surface area (Å²) >= 11 is 10.5. The average molecular weight is 268 g/mol. The number of carboxylic acid groups (broad SMARTS) is 1. The molecule has 17 heavy (non-hydrogen) atoms. The Bertz CT molecular complexity index is 486. The Morgan fingerprint density at radius 1 is 1.47 bits per heavy atom. The van der Waals surface area contributed by atoms with Gasteiger partial charge in [-0.25, -0.2) is 0 Å². The average Bonchev–Trinajstić information content (AvgIpc) is 2.75. The molecule has 1 aromatic heterocycles. The van der Waals surface area contributed by atoms with E-state index in [1.807, 2.05) is 12.3 Å². The minimum absolute atomic E-state index is 0.184. The minimum Gasteiger partial charge on any atom is -0.480 e. The second-order valence-electron chi connectivity index (χ2n) is 4.25. The van der Waals surface area contributed by atoms with Crippen molar-refractivity contribution in [3.05, 3.63) is 23.5 Å². The first-order chi connectivity index (χ1) is 7.91. The maximum absolute atomic E-state index is 10.7. The highest BCUT2D eigenvalue weighted by Crippen LogP contribution is 2.25. The van der Waals surface area contributed by atoms with Crippen LogP contribution in [0.2, 0.25) is 0 Å². The standard InChI is InChI=1S/C11H12N2O2S2/c1-6(2)7-3-8-10(16)13(5-9(14)15)11(17)12(8)4-7/h3-4,6H,5H2,1-2H3,(H,14,15). The molecule has 0 unspecified atom stereocenters. The monoisotopic (exact) mass is 268 g/mol. The van der Waals surface area contributed by atoms with E-state index in [0.717, 1.165) is 11.3 Å². The molecule has 1 aliphatic rings. The Balaban J connectivity index is 2.36. The largest absolute Gasteiger partial charge is 0.480 e. The molecule has 4 nitrogen and oxygen atoms in total. The molecule has 1 N–H and O–H groups in total. The molecule has 0 saturated carbocycles. The van der Waals surface area contributed by atoms with E-state index in [4.69, 9.17) is 29.5 Å². The van der Waals surface area contributed by atoms with E-state index < -0.39 is 5.97 Å². The third kappa shape index (κ3) is 1.98. The van der Waals surface area contributed by atoms with Gasteiger partial charge in [-0.3, -0.25) is 14.3 Å². The Morgan fingerprint density at radius 2 is 2.12 bits per heavy atom. The van der Waals surface area contributed by atoms with Crippen LogP contribution in [0.5, 0.6) is 0 Å². The third-order valence-electron chi connectivity index (χ3n) is 2.70. The molecular weight excluding hydrogens is 256 g/mol. The molecule has 0 radical (unpaired) electrons. The molecule has 0 aliphatic carbocycles. The maximum atomic E-state index is 10.7. The van der Waals surface area contributed by atoms with Gasteiger partial charge in [-0.15, -0.1) is 0 Å². The fourth-order valence-electron chi connectivity index (χ4n) is 1.75. The lowest BCUT2D eigenvalue weighted by molar-refractivity contribution is -0.136. The molecule has 2 heterocycles. The lowest BCUT2D eigenvalue weighted by Crippen LogP contribution is -2.35. The molecule has 0 saturated heterocycles. The predicted molar refractivity (Wildman–Crippen MR) is 72.6 cm³/mol. The van der Waals surface area contributed by atoms with Crippen molar-refractivity contribution in [2.45, 2.75) is 19.8 Å². The van der Waals surface area contributed by atoms with Gasteiger partial charge in [-0.1, -0.05) is 26.1 Å². The molecule has 0 atom stereocenters. The summed E-state index contributed by atoms with van der Waals surface area (Å²) in [6, 6.07) is 1.97. The fourth-order valence-corrected chi connectivity index (χ4v) is 2.42. The number of rotatable bonds is 3. The first kappa shape index (κ1) is 12.2. The van der Waals surface area contributed by atoms with Crippen molar-refractivity contribution in [1.82, 2.24) is 9.47 Å². The molecule has 0 fully saturated rings. The van der Waals surface area contributed by atoms with Crippen LogP contribution in [0.4, 0.5) is 0 Å². The molecule has 1 aromatic rings. The van der Waals surface area contributed by atoms with Gasteiger partial charge in [0.05, 0.1) is 5.69 Å². The highest BCUT2D eigenvalue weighted by molar-refractivity contribution is 7.82. The summed E-state index contributed by atoms with van der Waals surface area (Å²) in [5.74, 6) is -0.545. The molecule has 2 rings (SSSR count). The second kappa shape index (κ2) is 4.19. The molecule has 0 spiro atoms. The normalized spacial score (nSPS) is 14.6. The van der Waals surface area contributed by atoms with Gasteiger partial charge in [0.15, 0.2) is 5.11 Å². The number of carboxylic acids is 1. The highest BCUT2D eigenvalue weighted by atomic mass is 32.1. The van der Waals surface area contributed by atoms with Gasteiger partial charge in [0.2, 0.25) is 0 Å². The predicted octanol–water partition coefficient (Wildman–Crippen LogP) is 1.82. The smallest absolute Gasteiger partial charge is 0.323 e. The summed E-state index contributed by atoms with van der Waals surface area (Å²) in [7, 11) is 0. The zero-order chi connectivity index (χ0) is 12.7. The number of nitrogens with zero attached hydrogens (tertiary/aromatic N) is 2. The van der Waals surface area contributed by atoms with Gasteiger partial charge in [0.25, 0.3) is 0 Å². The summed E-state index contributed by atoms with van der Waals surface area (Å²) in [5.41, 5.74) is 1.97. The fraction of sp³-hybridized carbons (Fsp3) is 0.364. The van der Waals surface area contributed by atoms with Crippen LogP contribution in [0.25, 0.3) is 0 Å². The Kier molecular flexibility index (Phi) is 3.01. The van der Waals surface area contributed by atoms with Crippen LogP contribution in [-0.2, 0) is 4.79 Å². The zero-order valence-electron chi connectivity index (χ0n) is 9.51. The van der Waals surface area contributed by atoms with Crippen molar-refractivity contribution in [2.24, 2.45) is 0 Å². The number of fused-ring (bicyclic) bond motifs is 1. The van der Waals surface area contributed by atoms with Crippen LogP contribution < -0.4 is 0 Å². The Morgan fingerprint density at radius 3 is 2.59 bits per heavy atom. The summed E-state index contributed by atoms with van der Waals surface area (Å²) in [6.07, 6.45) is 1.93. The van der Waals surface area contributed by atoms with Gasteiger partial charge in [0.1, 0.15) is 11.5 Å². The van der Waals surface area contributed by atoms with E-state index in [1.165, 1.54) is 4.90 Å². The first-order valence-corrected chi connectivity index (χ1v) is 6.03. The quantitative estimate of drug-likeness (QED) is 0.847. The van der Waals surface area contributed by atoms with Gasteiger partial charge >= 0.3 is 5.97 Å². The van der Waals surface area contributed by atoms with Gasteiger partial charge in [-0.05, 0) is 29.8 Å².